The Morgan fingerprint density at radius 1 is 1.30 bits per heavy atom. The highest BCUT2D eigenvalue weighted by Crippen LogP contribution is 2.41. The summed E-state index contributed by atoms with van der Waals surface area (Å²) in [6.07, 6.45) is 0.668. The van der Waals surface area contributed by atoms with Crippen LogP contribution >= 0.6 is 11.6 Å². The van der Waals surface area contributed by atoms with Gasteiger partial charge >= 0.3 is 5.97 Å². The number of rotatable bonds is 5. The van der Waals surface area contributed by atoms with Crippen LogP contribution in [-0.2, 0) is 39.6 Å². The number of pyridine rings is 2. The van der Waals surface area contributed by atoms with Crippen LogP contribution in [0.2, 0.25) is 5.02 Å². The smallest absolute Gasteiger partial charge is 0.343 e. The van der Waals surface area contributed by atoms with Gasteiger partial charge in [-0.3, -0.25) is 9.59 Å². The summed E-state index contributed by atoms with van der Waals surface area (Å²) in [5.74, 6) is -1.22. The number of nitrogens with one attached hydrogen (secondary N) is 1. The second-order valence-corrected chi connectivity index (χ2v) is 10.5. The summed E-state index contributed by atoms with van der Waals surface area (Å²) < 4.78 is 6.71. The van der Waals surface area contributed by atoms with Gasteiger partial charge in [-0.25, -0.2) is 9.78 Å². The molecule has 37 heavy (non-hydrogen) atoms. The number of fused-ring (bicyclic) bond motifs is 5. The van der Waals surface area contributed by atoms with E-state index >= 15 is 0 Å². The van der Waals surface area contributed by atoms with E-state index in [2.05, 4.69) is 5.32 Å². The number of aliphatic hydroxyl groups is 2. The Kier molecular flexibility index (Phi) is 5.45. The second-order valence-electron chi connectivity index (χ2n) is 10.1. The van der Waals surface area contributed by atoms with Crippen LogP contribution in [0.4, 0.5) is 0 Å². The number of cyclic esters (lactones) is 1. The lowest BCUT2D eigenvalue weighted by atomic mass is 9.86. The second kappa shape index (κ2) is 8.37. The standard InChI is InChI=1S/C27H26ClN3O6/c1-3-27(36)18-7-21-22-16(10-31(21)25(34)17(18)11-37-26(27)35)15(9-29-24(33)23(32)13-4-5-13)14-6-12(2)19(28)8-20(14)30-22/h6-8,13,23,32,36H,3-5,9-11H2,1-2H3,(H,29,33)/t23-,27+/m1/s1. The Morgan fingerprint density at radius 3 is 2.76 bits per heavy atom. The predicted octanol–water partition coefficient (Wildman–Crippen LogP) is 2.43. The fourth-order valence-corrected chi connectivity index (χ4v) is 5.56. The van der Waals surface area contributed by atoms with Gasteiger partial charge in [0.2, 0.25) is 5.91 Å². The zero-order chi connectivity index (χ0) is 26.2. The van der Waals surface area contributed by atoms with Crippen LogP contribution in [0, 0.1) is 12.8 Å². The van der Waals surface area contributed by atoms with Crippen molar-refractivity contribution in [1.82, 2.24) is 14.9 Å². The maximum Gasteiger partial charge on any atom is 0.343 e. The topological polar surface area (TPSA) is 131 Å². The van der Waals surface area contributed by atoms with Crippen molar-refractivity contribution < 1.29 is 24.5 Å². The number of aromatic nitrogens is 2. The van der Waals surface area contributed by atoms with Crippen molar-refractivity contribution in [2.75, 3.05) is 0 Å². The van der Waals surface area contributed by atoms with Crippen LogP contribution in [0.15, 0.2) is 23.0 Å². The Labute approximate surface area is 217 Å². The molecule has 0 unspecified atom stereocenters. The first-order chi connectivity index (χ1) is 17.6. The van der Waals surface area contributed by atoms with Gasteiger partial charge in [0.15, 0.2) is 5.60 Å². The van der Waals surface area contributed by atoms with E-state index in [1.54, 1.807) is 23.6 Å². The fraction of sp³-hybridized carbons (Fsp3) is 0.407. The first-order valence-electron chi connectivity index (χ1n) is 12.4. The Morgan fingerprint density at radius 2 is 2.05 bits per heavy atom. The van der Waals surface area contributed by atoms with Crippen LogP contribution in [0.25, 0.3) is 22.3 Å². The van der Waals surface area contributed by atoms with Gasteiger partial charge in [0, 0.05) is 28.1 Å². The van der Waals surface area contributed by atoms with Crippen molar-refractivity contribution >= 4 is 34.4 Å². The van der Waals surface area contributed by atoms with Gasteiger partial charge in [0.1, 0.15) is 12.7 Å². The maximum absolute atomic E-state index is 13.5. The minimum Gasteiger partial charge on any atom is -0.458 e. The average Bonchev–Trinajstić information content (AvgIpc) is 3.66. The third-order valence-electron chi connectivity index (χ3n) is 7.86. The van der Waals surface area contributed by atoms with E-state index in [0.29, 0.717) is 21.9 Å². The number of ether oxygens (including phenoxy) is 1. The SMILES string of the molecule is CC[C@@]1(O)C(=O)OCc2c1cc1n(c2=O)Cc2c-1nc1cc(Cl)c(C)cc1c2CNC(=O)[C@H](O)C1CC1. The largest absolute Gasteiger partial charge is 0.458 e. The molecule has 0 radical (unpaired) electrons. The van der Waals surface area contributed by atoms with Gasteiger partial charge in [0.05, 0.1) is 29.0 Å². The Bertz CT molecular complexity index is 1580. The van der Waals surface area contributed by atoms with Gasteiger partial charge in [-0.15, -0.1) is 0 Å². The molecule has 2 aliphatic heterocycles. The molecular weight excluding hydrogens is 498 g/mol. The summed E-state index contributed by atoms with van der Waals surface area (Å²) in [6, 6.07) is 5.30. The molecule has 6 rings (SSSR count). The number of halogens is 1. The third-order valence-corrected chi connectivity index (χ3v) is 8.27. The molecule has 2 aromatic heterocycles. The quantitative estimate of drug-likeness (QED) is 0.342. The molecule has 3 aliphatic rings. The van der Waals surface area contributed by atoms with E-state index in [-0.39, 0.29) is 48.7 Å². The summed E-state index contributed by atoms with van der Waals surface area (Å²) in [6.45, 7) is 3.66. The lowest BCUT2D eigenvalue weighted by molar-refractivity contribution is -0.172. The molecule has 0 spiro atoms. The molecule has 1 aliphatic carbocycles. The summed E-state index contributed by atoms with van der Waals surface area (Å²) in [5, 5.41) is 25.6. The first kappa shape index (κ1) is 24.1. The van der Waals surface area contributed by atoms with Crippen molar-refractivity contribution in [2.24, 2.45) is 5.92 Å². The summed E-state index contributed by atoms with van der Waals surface area (Å²) in [4.78, 5) is 43.4. The molecule has 192 valence electrons. The molecule has 1 amide bonds. The van der Waals surface area contributed by atoms with Crippen LogP contribution in [0.5, 0.6) is 0 Å². The average molecular weight is 524 g/mol. The lowest BCUT2D eigenvalue weighted by Gasteiger charge is -2.31. The zero-order valence-corrected chi connectivity index (χ0v) is 21.2. The van der Waals surface area contributed by atoms with Gasteiger partial charge < -0.3 is 24.8 Å². The molecular formula is C27H26ClN3O6. The van der Waals surface area contributed by atoms with Crippen LogP contribution in [0.3, 0.4) is 0 Å². The normalized spacial score (nSPS) is 20.7. The molecule has 1 aromatic carbocycles. The van der Waals surface area contributed by atoms with Crippen LogP contribution in [-0.4, -0.2) is 37.7 Å². The van der Waals surface area contributed by atoms with E-state index in [1.807, 2.05) is 13.0 Å². The summed E-state index contributed by atoms with van der Waals surface area (Å²) in [5.41, 5.74) is 2.16. The zero-order valence-electron chi connectivity index (χ0n) is 20.4. The lowest BCUT2D eigenvalue weighted by Crippen LogP contribution is -2.44. The summed E-state index contributed by atoms with van der Waals surface area (Å²) >= 11 is 6.41. The van der Waals surface area contributed by atoms with Gasteiger partial charge in [0.25, 0.3) is 5.56 Å². The number of aryl methyl sites for hydroxylation is 1. The van der Waals surface area contributed by atoms with Crippen molar-refractivity contribution in [1.29, 1.82) is 0 Å². The number of carbonyl (C=O) groups is 2. The van der Waals surface area contributed by atoms with E-state index in [0.717, 1.165) is 34.9 Å². The molecule has 0 saturated heterocycles. The molecule has 3 N–H and O–H groups in total. The number of esters is 1. The Hall–Kier alpha value is -3.27. The van der Waals surface area contributed by atoms with Crippen molar-refractivity contribution in [3.63, 3.8) is 0 Å². The number of aliphatic hydroxyl groups excluding tert-OH is 1. The van der Waals surface area contributed by atoms with Crippen molar-refractivity contribution in [3.8, 4) is 11.4 Å². The van der Waals surface area contributed by atoms with Gasteiger partial charge in [-0.2, -0.15) is 0 Å². The highest BCUT2D eigenvalue weighted by Gasteiger charge is 2.45. The van der Waals surface area contributed by atoms with Crippen molar-refractivity contribution in [2.45, 2.75) is 64.5 Å². The van der Waals surface area contributed by atoms with Gasteiger partial charge in [-0.05, 0) is 61.4 Å². The number of hydrogen-bond acceptors (Lipinski definition) is 7. The molecule has 2 atom stereocenters. The predicted molar refractivity (Wildman–Crippen MR) is 135 cm³/mol. The number of carbonyl (C=O) groups excluding carboxylic acids is 2. The van der Waals surface area contributed by atoms with E-state index in [1.165, 1.54) is 0 Å². The molecule has 1 fully saturated rings. The number of hydrogen-bond donors (Lipinski definition) is 3. The van der Waals surface area contributed by atoms with Crippen molar-refractivity contribution in [3.05, 3.63) is 61.4 Å². The van der Waals surface area contributed by atoms with Crippen LogP contribution in [0.1, 0.15) is 54.0 Å². The maximum atomic E-state index is 13.5. The number of amides is 1. The fourth-order valence-electron chi connectivity index (χ4n) is 5.40. The van der Waals surface area contributed by atoms with Gasteiger partial charge in [-0.1, -0.05) is 18.5 Å². The molecule has 0 bridgehead atoms. The van der Waals surface area contributed by atoms with E-state index in [9.17, 15) is 24.6 Å². The molecule has 4 heterocycles. The monoisotopic (exact) mass is 523 g/mol. The first-order valence-corrected chi connectivity index (χ1v) is 12.8. The van der Waals surface area contributed by atoms with Crippen LogP contribution < -0.4 is 10.9 Å². The Balaban J connectivity index is 1.53. The highest BCUT2D eigenvalue weighted by atomic mass is 35.5. The highest BCUT2D eigenvalue weighted by molar-refractivity contribution is 6.32. The number of benzene rings is 1. The molecule has 10 heteroatoms. The minimum atomic E-state index is -1.92. The van der Waals surface area contributed by atoms with E-state index in [4.69, 9.17) is 21.3 Å². The molecule has 1 saturated carbocycles. The minimum absolute atomic E-state index is 0.00246. The summed E-state index contributed by atoms with van der Waals surface area (Å²) in [7, 11) is 0. The third kappa shape index (κ3) is 3.59. The van der Waals surface area contributed by atoms with E-state index < -0.39 is 23.6 Å². The molecule has 9 nitrogen and oxygen atoms in total. The molecule has 3 aromatic rings. The number of nitrogens with zero attached hydrogens (tertiary/aromatic N) is 2.